The van der Waals surface area contributed by atoms with Gasteiger partial charge in [0, 0.05) is 25.2 Å². The average molecular weight is 297 g/mol. The van der Waals surface area contributed by atoms with Crippen LogP contribution in [0.2, 0.25) is 0 Å². The van der Waals surface area contributed by atoms with E-state index >= 15 is 0 Å². The zero-order chi connectivity index (χ0) is 15.2. The van der Waals surface area contributed by atoms with E-state index in [9.17, 15) is 4.79 Å². The highest BCUT2D eigenvalue weighted by Crippen LogP contribution is 2.21. The number of carbonyl (C=O) groups is 1. The van der Waals surface area contributed by atoms with Crippen molar-refractivity contribution >= 4 is 5.91 Å². The van der Waals surface area contributed by atoms with Crippen LogP contribution in [-0.4, -0.2) is 74.2 Å². The lowest BCUT2D eigenvalue weighted by atomic mass is 10.00. The van der Waals surface area contributed by atoms with Crippen LogP contribution < -0.4 is 5.32 Å². The summed E-state index contributed by atoms with van der Waals surface area (Å²) in [6.07, 6.45) is 3.18. The number of hydrogen-bond acceptors (Lipinski definition) is 4. The fourth-order valence-electron chi connectivity index (χ4n) is 3.42. The number of hydrogen-bond donors (Lipinski definition) is 1. The Bertz CT molecular complexity index is 337. The minimum atomic E-state index is -0.00555. The first-order chi connectivity index (χ1) is 10.2. The molecule has 0 aromatic carbocycles. The highest BCUT2D eigenvalue weighted by Gasteiger charge is 2.38. The lowest BCUT2D eigenvalue weighted by molar-refractivity contribution is -0.138. The quantitative estimate of drug-likeness (QED) is 0.820. The molecule has 2 aliphatic rings. The van der Waals surface area contributed by atoms with Gasteiger partial charge in [-0.25, -0.2) is 0 Å². The first-order valence-corrected chi connectivity index (χ1v) is 8.47. The number of rotatable bonds is 5. The van der Waals surface area contributed by atoms with E-state index in [-0.39, 0.29) is 12.0 Å². The Balaban J connectivity index is 2.02. The number of likely N-dealkylation sites (N-methyl/N-ethyl adjacent to an activating group) is 1. The van der Waals surface area contributed by atoms with E-state index in [0.29, 0.717) is 25.2 Å². The van der Waals surface area contributed by atoms with Crippen LogP contribution in [0, 0.1) is 5.92 Å². The van der Waals surface area contributed by atoms with Gasteiger partial charge < -0.3 is 19.9 Å². The highest BCUT2D eigenvalue weighted by atomic mass is 16.5. The summed E-state index contributed by atoms with van der Waals surface area (Å²) in [5.74, 6) is 0.289. The summed E-state index contributed by atoms with van der Waals surface area (Å²) >= 11 is 0. The Morgan fingerprint density at radius 2 is 2.10 bits per heavy atom. The molecule has 1 N–H and O–H groups in total. The van der Waals surface area contributed by atoms with Crippen molar-refractivity contribution in [3.8, 4) is 0 Å². The molecule has 3 atom stereocenters. The molecule has 2 heterocycles. The van der Waals surface area contributed by atoms with Gasteiger partial charge in [0.15, 0.2) is 0 Å². The zero-order valence-corrected chi connectivity index (χ0v) is 13.8. The molecule has 2 saturated heterocycles. The largest absolute Gasteiger partial charge is 0.379 e. The second-order valence-corrected chi connectivity index (χ2v) is 6.41. The van der Waals surface area contributed by atoms with Gasteiger partial charge in [0.2, 0.25) is 5.91 Å². The standard InChI is InChI=1S/C16H31N3O2/c1-4-7-17-15-12-21-11-14(15)16(20)19-9-6-8-18(3)10-13(19)5-2/h13-15,17H,4-12H2,1-3H3. The maximum atomic E-state index is 13.0. The summed E-state index contributed by atoms with van der Waals surface area (Å²) in [7, 11) is 2.15. The number of nitrogens with one attached hydrogen (secondary N) is 1. The second kappa shape index (κ2) is 8.11. The predicted octanol–water partition coefficient (Wildman–Crippen LogP) is 0.944. The molecule has 2 rings (SSSR count). The number of nitrogens with zero attached hydrogens (tertiary/aromatic N) is 2. The molecule has 0 aliphatic carbocycles. The van der Waals surface area contributed by atoms with E-state index in [4.69, 9.17) is 4.74 Å². The second-order valence-electron chi connectivity index (χ2n) is 6.41. The van der Waals surface area contributed by atoms with Crippen LogP contribution in [0.5, 0.6) is 0 Å². The van der Waals surface area contributed by atoms with Gasteiger partial charge in [-0.2, -0.15) is 0 Å². The first-order valence-electron chi connectivity index (χ1n) is 8.47. The van der Waals surface area contributed by atoms with Crippen LogP contribution in [0.15, 0.2) is 0 Å². The summed E-state index contributed by atoms with van der Waals surface area (Å²) in [4.78, 5) is 17.5. The van der Waals surface area contributed by atoms with E-state index in [1.165, 1.54) is 0 Å². The van der Waals surface area contributed by atoms with Gasteiger partial charge in [-0.15, -0.1) is 0 Å². The summed E-state index contributed by atoms with van der Waals surface area (Å²) in [6.45, 7) is 9.49. The van der Waals surface area contributed by atoms with Gasteiger partial charge in [0.25, 0.3) is 0 Å². The topological polar surface area (TPSA) is 44.8 Å². The first kappa shape index (κ1) is 16.7. The van der Waals surface area contributed by atoms with Crippen LogP contribution in [0.4, 0.5) is 0 Å². The Hall–Kier alpha value is -0.650. The molecular weight excluding hydrogens is 266 g/mol. The van der Waals surface area contributed by atoms with Crippen molar-refractivity contribution in [1.82, 2.24) is 15.1 Å². The van der Waals surface area contributed by atoms with Crippen LogP contribution in [0.3, 0.4) is 0 Å². The SMILES string of the molecule is CCCNC1COCC1C(=O)N1CCCN(C)CC1CC. The molecule has 2 aliphatic heterocycles. The highest BCUT2D eigenvalue weighted by molar-refractivity contribution is 5.80. The van der Waals surface area contributed by atoms with Crippen molar-refractivity contribution in [2.75, 3.05) is 46.4 Å². The van der Waals surface area contributed by atoms with Gasteiger partial charge in [0.05, 0.1) is 19.1 Å². The molecule has 0 aromatic rings. The lowest BCUT2D eigenvalue weighted by Gasteiger charge is -2.33. The molecule has 3 unspecified atom stereocenters. The molecule has 0 aromatic heterocycles. The molecule has 5 nitrogen and oxygen atoms in total. The molecule has 5 heteroatoms. The third-order valence-corrected chi connectivity index (χ3v) is 4.71. The minimum Gasteiger partial charge on any atom is -0.379 e. The van der Waals surface area contributed by atoms with E-state index in [2.05, 4.69) is 36.0 Å². The monoisotopic (exact) mass is 297 g/mol. The van der Waals surface area contributed by atoms with Gasteiger partial charge >= 0.3 is 0 Å². The molecule has 0 radical (unpaired) electrons. The normalized spacial score (nSPS) is 31.4. The van der Waals surface area contributed by atoms with Crippen LogP contribution >= 0.6 is 0 Å². The Labute approximate surface area is 129 Å². The Morgan fingerprint density at radius 3 is 2.81 bits per heavy atom. The zero-order valence-electron chi connectivity index (χ0n) is 13.8. The van der Waals surface area contributed by atoms with Gasteiger partial charge in [-0.05, 0) is 39.4 Å². The number of amides is 1. The van der Waals surface area contributed by atoms with Crippen LogP contribution in [0.25, 0.3) is 0 Å². The van der Waals surface area contributed by atoms with Crippen molar-refractivity contribution in [2.24, 2.45) is 5.92 Å². The summed E-state index contributed by atoms with van der Waals surface area (Å²) in [5, 5.41) is 3.48. The Kier molecular flexibility index (Phi) is 6.45. The fraction of sp³-hybridized carbons (Fsp3) is 0.938. The number of carbonyl (C=O) groups excluding carboxylic acids is 1. The molecule has 21 heavy (non-hydrogen) atoms. The van der Waals surface area contributed by atoms with Crippen molar-refractivity contribution < 1.29 is 9.53 Å². The predicted molar refractivity (Wildman–Crippen MR) is 84.3 cm³/mol. The molecular formula is C16H31N3O2. The van der Waals surface area contributed by atoms with E-state index in [1.807, 2.05) is 0 Å². The molecule has 2 fully saturated rings. The van der Waals surface area contributed by atoms with Crippen molar-refractivity contribution in [3.63, 3.8) is 0 Å². The Morgan fingerprint density at radius 1 is 1.29 bits per heavy atom. The van der Waals surface area contributed by atoms with Gasteiger partial charge in [0.1, 0.15) is 0 Å². The smallest absolute Gasteiger partial charge is 0.229 e. The number of ether oxygens (including phenoxy) is 1. The summed E-state index contributed by atoms with van der Waals surface area (Å²) in [5.41, 5.74) is 0. The maximum absolute atomic E-state index is 13.0. The average Bonchev–Trinajstić information content (AvgIpc) is 2.86. The van der Waals surface area contributed by atoms with Gasteiger partial charge in [-0.1, -0.05) is 13.8 Å². The summed E-state index contributed by atoms with van der Waals surface area (Å²) < 4.78 is 5.58. The third-order valence-electron chi connectivity index (χ3n) is 4.71. The molecule has 0 saturated carbocycles. The maximum Gasteiger partial charge on any atom is 0.229 e. The fourth-order valence-corrected chi connectivity index (χ4v) is 3.42. The lowest BCUT2D eigenvalue weighted by Crippen LogP contribution is -2.50. The molecule has 122 valence electrons. The van der Waals surface area contributed by atoms with Crippen LogP contribution in [-0.2, 0) is 9.53 Å². The van der Waals surface area contributed by atoms with Crippen molar-refractivity contribution in [2.45, 2.75) is 45.2 Å². The van der Waals surface area contributed by atoms with Crippen LogP contribution in [0.1, 0.15) is 33.1 Å². The minimum absolute atomic E-state index is 0.00555. The van der Waals surface area contributed by atoms with Crippen molar-refractivity contribution in [3.05, 3.63) is 0 Å². The van der Waals surface area contributed by atoms with Crippen molar-refractivity contribution in [1.29, 1.82) is 0 Å². The molecule has 0 spiro atoms. The molecule has 0 bridgehead atoms. The van der Waals surface area contributed by atoms with Gasteiger partial charge in [-0.3, -0.25) is 4.79 Å². The molecule has 1 amide bonds. The summed E-state index contributed by atoms with van der Waals surface area (Å²) in [6, 6.07) is 0.536. The third kappa shape index (κ3) is 4.18. The van der Waals surface area contributed by atoms with E-state index in [1.54, 1.807) is 0 Å². The van der Waals surface area contributed by atoms with E-state index < -0.39 is 0 Å². The van der Waals surface area contributed by atoms with E-state index in [0.717, 1.165) is 45.4 Å².